The van der Waals surface area contributed by atoms with E-state index in [-0.39, 0.29) is 0 Å². The van der Waals surface area contributed by atoms with Gasteiger partial charge in [0, 0.05) is 87.7 Å². The van der Waals surface area contributed by atoms with Crippen molar-refractivity contribution in [3.05, 3.63) is 72.1 Å². The first-order valence-corrected chi connectivity index (χ1v) is 15.8. The zero-order valence-corrected chi connectivity index (χ0v) is 25.3. The van der Waals surface area contributed by atoms with Gasteiger partial charge >= 0.3 is 0 Å². The number of aromatic nitrogens is 2. The van der Waals surface area contributed by atoms with Crippen molar-refractivity contribution < 1.29 is 0 Å². The molecule has 1 aliphatic rings. The molecule has 0 saturated carbocycles. The molecule has 5 rings (SSSR count). The number of thioether (sulfide) groups is 1. The highest BCUT2D eigenvalue weighted by molar-refractivity contribution is 7.99. The molecule has 0 amide bonds. The standard InChI is InChI=1S/C32H44N8S/c1-37-13-14-38(2)16-18-40(24-28-12-10-26-6-4-8-30(34)32(26)36-28)20-22-41-21-19-39(17-15-37)23-27-11-9-25-5-3-7-29(33)31(25)35-27/h3-12H,13-24,33-34H2,1-2H3. The number of benzene rings is 2. The van der Waals surface area contributed by atoms with Crippen LogP contribution in [-0.4, -0.2) is 108 Å². The number of nitrogens with two attached hydrogens (primary N) is 2. The van der Waals surface area contributed by atoms with Crippen LogP contribution in [0, 0.1) is 0 Å². The van der Waals surface area contributed by atoms with Crippen LogP contribution in [0.5, 0.6) is 0 Å². The van der Waals surface area contributed by atoms with Crippen LogP contribution < -0.4 is 11.5 Å². The summed E-state index contributed by atoms with van der Waals surface area (Å²) in [6.07, 6.45) is 0. The largest absolute Gasteiger partial charge is 0.397 e. The summed E-state index contributed by atoms with van der Waals surface area (Å²) in [5.74, 6) is 2.19. The summed E-state index contributed by atoms with van der Waals surface area (Å²) in [5.41, 5.74) is 17.9. The van der Waals surface area contributed by atoms with Gasteiger partial charge in [-0.25, -0.2) is 9.97 Å². The first-order valence-electron chi connectivity index (χ1n) is 14.6. The second-order valence-electron chi connectivity index (χ2n) is 11.2. The maximum absolute atomic E-state index is 6.23. The number of nitrogens with zero attached hydrogens (tertiary/aromatic N) is 6. The van der Waals surface area contributed by atoms with Crippen LogP contribution in [0.4, 0.5) is 11.4 Å². The van der Waals surface area contributed by atoms with E-state index in [0.29, 0.717) is 0 Å². The number of hydrogen-bond donors (Lipinski definition) is 2. The Morgan fingerprint density at radius 2 is 1.02 bits per heavy atom. The third kappa shape index (κ3) is 8.30. The van der Waals surface area contributed by atoms with Crippen molar-refractivity contribution in [2.45, 2.75) is 13.1 Å². The lowest BCUT2D eigenvalue weighted by Gasteiger charge is -2.27. The molecule has 3 heterocycles. The Morgan fingerprint density at radius 3 is 1.49 bits per heavy atom. The minimum absolute atomic E-state index is 0.743. The van der Waals surface area contributed by atoms with Crippen molar-refractivity contribution >= 4 is 44.9 Å². The summed E-state index contributed by atoms with van der Waals surface area (Å²) in [4.78, 5) is 19.8. The summed E-state index contributed by atoms with van der Waals surface area (Å²) in [6.45, 7) is 9.96. The minimum atomic E-state index is 0.743. The molecule has 2 aromatic carbocycles. The second kappa shape index (κ2) is 14.3. The number of fused-ring (bicyclic) bond motifs is 2. The average molecular weight is 573 g/mol. The van der Waals surface area contributed by atoms with E-state index >= 15 is 0 Å². The van der Waals surface area contributed by atoms with Crippen LogP contribution in [0.3, 0.4) is 0 Å². The topological polar surface area (TPSA) is 90.8 Å². The summed E-state index contributed by atoms with van der Waals surface area (Å²) in [5, 5.41) is 2.19. The third-order valence-electron chi connectivity index (χ3n) is 7.95. The smallest absolute Gasteiger partial charge is 0.0935 e. The maximum Gasteiger partial charge on any atom is 0.0935 e. The van der Waals surface area contributed by atoms with E-state index in [1.807, 2.05) is 36.0 Å². The molecule has 0 atom stereocenters. The molecule has 0 radical (unpaired) electrons. The van der Waals surface area contributed by atoms with Gasteiger partial charge in [0.15, 0.2) is 0 Å². The van der Waals surface area contributed by atoms with Crippen LogP contribution >= 0.6 is 11.8 Å². The molecular formula is C32H44N8S. The van der Waals surface area contributed by atoms with Crippen molar-refractivity contribution in [2.75, 3.05) is 89.4 Å². The average Bonchev–Trinajstić information content (AvgIpc) is 2.98. The lowest BCUT2D eigenvalue weighted by molar-refractivity contribution is 0.193. The van der Waals surface area contributed by atoms with Gasteiger partial charge in [0.2, 0.25) is 0 Å². The van der Waals surface area contributed by atoms with Gasteiger partial charge in [0.1, 0.15) is 0 Å². The third-order valence-corrected chi connectivity index (χ3v) is 8.90. The van der Waals surface area contributed by atoms with Gasteiger partial charge in [-0.05, 0) is 38.4 Å². The Kier molecular flexibility index (Phi) is 10.3. The molecule has 8 nitrogen and oxygen atoms in total. The predicted octanol–water partition coefficient (Wildman–Crippen LogP) is 3.86. The van der Waals surface area contributed by atoms with Crippen molar-refractivity contribution in [3.63, 3.8) is 0 Å². The molecule has 0 spiro atoms. The van der Waals surface area contributed by atoms with Gasteiger partial charge in [0.05, 0.1) is 33.8 Å². The lowest BCUT2D eigenvalue weighted by atomic mass is 10.1. The van der Waals surface area contributed by atoms with E-state index in [0.717, 1.165) is 122 Å². The highest BCUT2D eigenvalue weighted by Crippen LogP contribution is 2.21. The number of rotatable bonds is 4. The van der Waals surface area contributed by atoms with Crippen molar-refractivity contribution in [1.82, 2.24) is 29.6 Å². The van der Waals surface area contributed by atoms with Crippen LogP contribution in [-0.2, 0) is 13.1 Å². The van der Waals surface area contributed by atoms with Crippen LogP contribution in [0.15, 0.2) is 60.7 Å². The SMILES string of the molecule is CN1CCN(C)CCN(Cc2ccc3cccc(N)c3n2)CCSCCN(Cc2ccc3cccc(N)c3n2)CC1. The van der Waals surface area contributed by atoms with Crippen LogP contribution in [0.1, 0.15) is 11.4 Å². The fourth-order valence-electron chi connectivity index (χ4n) is 5.27. The Bertz CT molecular complexity index is 1320. The normalized spacial score (nSPS) is 18.4. The van der Waals surface area contributed by atoms with Gasteiger partial charge in [-0.1, -0.05) is 36.4 Å². The van der Waals surface area contributed by atoms with E-state index in [9.17, 15) is 0 Å². The molecule has 4 aromatic rings. The van der Waals surface area contributed by atoms with Gasteiger partial charge in [0.25, 0.3) is 0 Å². The molecule has 218 valence electrons. The number of nitrogen functional groups attached to an aromatic ring is 2. The Morgan fingerprint density at radius 1 is 0.585 bits per heavy atom. The molecular weight excluding hydrogens is 528 g/mol. The van der Waals surface area contributed by atoms with Crippen molar-refractivity contribution in [2.24, 2.45) is 0 Å². The Hall–Kier alpha value is -2.95. The molecule has 1 aliphatic heterocycles. The summed E-state index contributed by atoms with van der Waals surface area (Å²) in [6, 6.07) is 20.6. The Balaban J connectivity index is 1.23. The first-order chi connectivity index (χ1) is 19.9. The molecule has 4 N–H and O–H groups in total. The fraction of sp³-hybridized carbons (Fsp3) is 0.438. The van der Waals surface area contributed by atoms with Gasteiger partial charge in [-0.3, -0.25) is 9.80 Å². The van der Waals surface area contributed by atoms with Crippen molar-refractivity contribution in [1.29, 1.82) is 0 Å². The van der Waals surface area contributed by atoms with E-state index in [2.05, 4.69) is 70.1 Å². The number of pyridine rings is 2. The van der Waals surface area contributed by atoms with E-state index < -0.39 is 0 Å². The number of para-hydroxylation sites is 2. The minimum Gasteiger partial charge on any atom is -0.397 e. The van der Waals surface area contributed by atoms with Gasteiger partial charge in [-0.2, -0.15) is 11.8 Å². The molecule has 41 heavy (non-hydrogen) atoms. The predicted molar refractivity (Wildman–Crippen MR) is 175 cm³/mol. The molecule has 1 fully saturated rings. The second-order valence-corrected chi connectivity index (χ2v) is 12.4. The highest BCUT2D eigenvalue weighted by Gasteiger charge is 2.14. The fourth-order valence-corrected chi connectivity index (χ4v) is 6.25. The first kappa shape index (κ1) is 29.5. The monoisotopic (exact) mass is 572 g/mol. The lowest BCUT2D eigenvalue weighted by Crippen LogP contribution is -2.39. The van der Waals surface area contributed by atoms with Crippen LogP contribution in [0.25, 0.3) is 21.8 Å². The number of hydrogen-bond acceptors (Lipinski definition) is 9. The van der Waals surface area contributed by atoms with E-state index in [4.69, 9.17) is 21.4 Å². The summed E-state index contributed by atoms with van der Waals surface area (Å²) < 4.78 is 0. The highest BCUT2D eigenvalue weighted by atomic mass is 32.2. The molecule has 0 aliphatic carbocycles. The van der Waals surface area contributed by atoms with Crippen LogP contribution in [0.2, 0.25) is 0 Å². The molecule has 0 bridgehead atoms. The number of likely N-dealkylation sites (N-methyl/N-ethyl adjacent to an activating group) is 2. The molecule has 0 unspecified atom stereocenters. The molecule has 9 heteroatoms. The van der Waals surface area contributed by atoms with E-state index in [1.165, 1.54) is 0 Å². The summed E-state index contributed by atoms with van der Waals surface area (Å²) >= 11 is 2.03. The summed E-state index contributed by atoms with van der Waals surface area (Å²) in [7, 11) is 4.47. The number of anilines is 2. The van der Waals surface area contributed by atoms with Crippen molar-refractivity contribution in [3.8, 4) is 0 Å². The molecule has 2 aromatic heterocycles. The Labute approximate surface area is 248 Å². The quantitative estimate of drug-likeness (QED) is 0.354. The van der Waals surface area contributed by atoms with E-state index in [1.54, 1.807) is 0 Å². The maximum atomic E-state index is 6.23. The zero-order chi connectivity index (χ0) is 28.6. The zero-order valence-electron chi connectivity index (χ0n) is 24.5. The van der Waals surface area contributed by atoms with Gasteiger partial charge < -0.3 is 21.3 Å². The molecule has 1 saturated heterocycles. The van der Waals surface area contributed by atoms with Gasteiger partial charge in [-0.15, -0.1) is 0 Å².